The first kappa shape index (κ1) is 14.8. The molecule has 2 N–H and O–H groups in total. The van der Waals surface area contributed by atoms with Gasteiger partial charge in [0.25, 0.3) is 0 Å². The number of rotatable bonds is 2. The molecule has 0 aliphatic heterocycles. The van der Waals surface area contributed by atoms with Crippen LogP contribution in [0.1, 0.15) is 15.2 Å². The van der Waals surface area contributed by atoms with Gasteiger partial charge in [0.1, 0.15) is 4.88 Å². The van der Waals surface area contributed by atoms with E-state index in [1.165, 1.54) is 18.4 Å². The summed E-state index contributed by atoms with van der Waals surface area (Å²) in [5, 5.41) is 0. The van der Waals surface area contributed by atoms with Crippen LogP contribution in [0.4, 0.5) is 5.69 Å². The third-order valence-corrected chi connectivity index (χ3v) is 5.49. The predicted octanol–water partition coefficient (Wildman–Crippen LogP) is 4.46. The summed E-state index contributed by atoms with van der Waals surface area (Å²) in [6.07, 6.45) is 0. The molecule has 1 aromatic heterocycles. The van der Waals surface area contributed by atoms with E-state index in [-0.39, 0.29) is 5.97 Å². The number of carbonyl (C=O) groups excluding carboxylic acids is 1. The number of methoxy groups -OCH3 is 1. The topological polar surface area (TPSA) is 52.3 Å². The quantitative estimate of drug-likeness (QED) is 0.541. The molecule has 19 heavy (non-hydrogen) atoms. The summed E-state index contributed by atoms with van der Waals surface area (Å²) in [7, 11) is 1.36. The Morgan fingerprint density at radius 3 is 2.79 bits per heavy atom. The minimum atomic E-state index is -0.387. The van der Waals surface area contributed by atoms with E-state index in [1.54, 1.807) is 0 Å². The largest absolute Gasteiger partial charge is 0.465 e. The molecule has 3 nitrogen and oxygen atoms in total. The average Bonchev–Trinajstić information content (AvgIpc) is 2.69. The molecule has 0 saturated heterocycles. The minimum absolute atomic E-state index is 0.387. The first-order valence-corrected chi connectivity index (χ1v) is 8.07. The van der Waals surface area contributed by atoms with Crippen molar-refractivity contribution in [3.8, 4) is 10.4 Å². The van der Waals surface area contributed by atoms with Crippen molar-refractivity contribution < 1.29 is 9.53 Å². The van der Waals surface area contributed by atoms with Crippen LogP contribution in [0.3, 0.4) is 0 Å². The van der Waals surface area contributed by atoms with Crippen LogP contribution in [0.2, 0.25) is 0 Å². The van der Waals surface area contributed by atoms with Gasteiger partial charge in [-0.05, 0) is 53.3 Å². The molecular weight excluding hydrogens is 441 g/mol. The van der Waals surface area contributed by atoms with Crippen LogP contribution >= 0.6 is 49.9 Å². The highest BCUT2D eigenvalue weighted by molar-refractivity contribution is 14.1. The third-order valence-electron chi connectivity index (χ3n) is 2.74. The highest BCUT2D eigenvalue weighted by Crippen LogP contribution is 2.41. The summed E-state index contributed by atoms with van der Waals surface area (Å²) in [6.45, 7) is 1.92. The van der Waals surface area contributed by atoms with Crippen molar-refractivity contribution >= 4 is 61.5 Å². The molecule has 0 aliphatic carbocycles. The summed E-state index contributed by atoms with van der Waals surface area (Å²) in [5.74, 6) is -0.387. The Kier molecular flexibility index (Phi) is 4.52. The molecule has 0 saturated carbocycles. The van der Waals surface area contributed by atoms with Crippen molar-refractivity contribution in [1.29, 1.82) is 0 Å². The van der Waals surface area contributed by atoms with Gasteiger partial charge in [-0.3, -0.25) is 0 Å². The molecule has 2 aromatic rings. The van der Waals surface area contributed by atoms with Crippen LogP contribution < -0.4 is 5.73 Å². The van der Waals surface area contributed by atoms with Gasteiger partial charge in [0.05, 0.1) is 12.8 Å². The SMILES string of the molecule is COC(=O)c1sc(-c2cc(Br)ccc2I)c(C)c1N. The maximum absolute atomic E-state index is 11.7. The smallest absolute Gasteiger partial charge is 0.350 e. The van der Waals surface area contributed by atoms with Gasteiger partial charge >= 0.3 is 5.97 Å². The second kappa shape index (κ2) is 5.80. The summed E-state index contributed by atoms with van der Waals surface area (Å²) in [4.78, 5) is 13.1. The number of nitrogen functional groups attached to an aromatic ring is 1. The number of nitrogens with two attached hydrogens (primary N) is 1. The molecule has 0 atom stereocenters. The fraction of sp³-hybridized carbons (Fsp3) is 0.154. The van der Waals surface area contributed by atoms with E-state index in [0.717, 1.165) is 24.0 Å². The lowest BCUT2D eigenvalue weighted by Crippen LogP contribution is -2.01. The van der Waals surface area contributed by atoms with Gasteiger partial charge in [-0.15, -0.1) is 11.3 Å². The van der Waals surface area contributed by atoms with E-state index in [9.17, 15) is 4.79 Å². The van der Waals surface area contributed by atoms with Crippen molar-refractivity contribution in [2.24, 2.45) is 0 Å². The molecule has 0 aliphatic rings. The Bertz CT molecular complexity index is 654. The van der Waals surface area contributed by atoms with Gasteiger partial charge in [-0.1, -0.05) is 15.9 Å². The van der Waals surface area contributed by atoms with E-state index in [1.807, 2.05) is 25.1 Å². The van der Waals surface area contributed by atoms with Gasteiger partial charge in [0.2, 0.25) is 0 Å². The zero-order chi connectivity index (χ0) is 14.2. The highest BCUT2D eigenvalue weighted by atomic mass is 127. The summed E-state index contributed by atoms with van der Waals surface area (Å²) < 4.78 is 6.86. The standard InChI is InChI=1S/C13H11BrINO2S/c1-6-10(16)12(13(17)18-2)19-11(6)8-5-7(14)3-4-9(8)15/h3-5H,16H2,1-2H3. The van der Waals surface area contributed by atoms with E-state index in [2.05, 4.69) is 38.5 Å². The Labute approximate surface area is 137 Å². The Balaban J connectivity index is 2.63. The minimum Gasteiger partial charge on any atom is -0.465 e. The number of carbonyl (C=O) groups is 1. The molecule has 0 radical (unpaired) electrons. The number of halogens is 2. The van der Waals surface area contributed by atoms with Crippen LogP contribution in [0, 0.1) is 10.5 Å². The molecular formula is C13H11BrINO2S. The van der Waals surface area contributed by atoms with Crippen LogP contribution in [-0.4, -0.2) is 13.1 Å². The molecule has 6 heteroatoms. The van der Waals surface area contributed by atoms with Crippen LogP contribution in [-0.2, 0) is 4.74 Å². The fourth-order valence-electron chi connectivity index (χ4n) is 1.70. The number of esters is 1. The van der Waals surface area contributed by atoms with Crippen molar-refractivity contribution in [2.75, 3.05) is 12.8 Å². The van der Waals surface area contributed by atoms with Gasteiger partial charge in [-0.2, -0.15) is 0 Å². The summed E-state index contributed by atoms with van der Waals surface area (Å²) in [6, 6.07) is 6.03. The lowest BCUT2D eigenvalue weighted by atomic mass is 10.1. The first-order chi connectivity index (χ1) is 8.95. The zero-order valence-electron chi connectivity index (χ0n) is 10.3. The van der Waals surface area contributed by atoms with E-state index in [0.29, 0.717) is 10.6 Å². The van der Waals surface area contributed by atoms with Crippen LogP contribution in [0.25, 0.3) is 10.4 Å². The second-order valence-corrected chi connectivity index (χ2v) is 7.01. The van der Waals surface area contributed by atoms with Gasteiger partial charge in [-0.25, -0.2) is 4.79 Å². The lowest BCUT2D eigenvalue weighted by Gasteiger charge is -2.04. The molecule has 1 heterocycles. The van der Waals surface area contributed by atoms with Gasteiger partial charge < -0.3 is 10.5 Å². The zero-order valence-corrected chi connectivity index (χ0v) is 14.9. The monoisotopic (exact) mass is 451 g/mol. The Hall–Kier alpha value is -0.600. The molecule has 2 rings (SSSR count). The number of hydrogen-bond donors (Lipinski definition) is 1. The molecule has 100 valence electrons. The molecule has 0 amide bonds. The van der Waals surface area contributed by atoms with Gasteiger partial charge in [0, 0.05) is 18.5 Å². The Morgan fingerprint density at radius 2 is 2.16 bits per heavy atom. The van der Waals surface area contributed by atoms with Crippen molar-refractivity contribution in [3.05, 3.63) is 36.7 Å². The van der Waals surface area contributed by atoms with Crippen LogP contribution in [0.5, 0.6) is 0 Å². The maximum Gasteiger partial charge on any atom is 0.350 e. The lowest BCUT2D eigenvalue weighted by molar-refractivity contribution is 0.0607. The second-order valence-electron chi connectivity index (χ2n) is 3.91. The highest BCUT2D eigenvalue weighted by Gasteiger charge is 2.21. The molecule has 1 aromatic carbocycles. The van der Waals surface area contributed by atoms with Crippen molar-refractivity contribution in [2.45, 2.75) is 6.92 Å². The number of anilines is 1. The molecule has 0 unspecified atom stereocenters. The number of hydrogen-bond acceptors (Lipinski definition) is 4. The van der Waals surface area contributed by atoms with E-state index < -0.39 is 0 Å². The number of benzene rings is 1. The van der Waals surface area contributed by atoms with E-state index >= 15 is 0 Å². The average molecular weight is 452 g/mol. The Morgan fingerprint density at radius 1 is 1.47 bits per heavy atom. The van der Waals surface area contributed by atoms with Crippen molar-refractivity contribution in [1.82, 2.24) is 0 Å². The molecule has 0 fully saturated rings. The maximum atomic E-state index is 11.7. The fourth-order valence-corrected chi connectivity index (χ4v) is 4.02. The first-order valence-electron chi connectivity index (χ1n) is 5.38. The normalized spacial score (nSPS) is 10.5. The van der Waals surface area contributed by atoms with Crippen molar-refractivity contribution in [3.63, 3.8) is 0 Å². The summed E-state index contributed by atoms with van der Waals surface area (Å²) in [5.41, 5.74) is 8.49. The van der Waals surface area contributed by atoms with E-state index in [4.69, 9.17) is 10.5 Å². The molecule has 0 spiro atoms. The van der Waals surface area contributed by atoms with Crippen LogP contribution in [0.15, 0.2) is 22.7 Å². The number of thiophene rings is 1. The predicted molar refractivity (Wildman–Crippen MR) is 90.7 cm³/mol. The number of ether oxygens (including phenoxy) is 1. The van der Waals surface area contributed by atoms with Gasteiger partial charge in [0.15, 0.2) is 0 Å². The summed E-state index contributed by atoms with van der Waals surface area (Å²) >= 11 is 7.11. The third kappa shape index (κ3) is 2.80. The molecule has 0 bridgehead atoms.